The van der Waals surface area contributed by atoms with E-state index in [0.29, 0.717) is 17.0 Å². The van der Waals surface area contributed by atoms with E-state index in [9.17, 15) is 14.0 Å². The molecule has 0 aliphatic carbocycles. The molecule has 0 saturated carbocycles. The minimum Gasteiger partial charge on any atom is -0.452 e. The van der Waals surface area contributed by atoms with Gasteiger partial charge in [0.2, 0.25) is 0 Å². The average Bonchev–Trinajstić information content (AvgIpc) is 3.22. The maximum Gasteiger partial charge on any atom is 0.338 e. The lowest BCUT2D eigenvalue weighted by Gasteiger charge is -2.21. The van der Waals surface area contributed by atoms with Crippen LogP contribution in [0.4, 0.5) is 10.1 Å². The number of esters is 1. The lowest BCUT2D eigenvalue weighted by molar-refractivity contribution is -0.121. The van der Waals surface area contributed by atoms with Crippen molar-refractivity contribution in [3.63, 3.8) is 0 Å². The molecule has 0 fully saturated rings. The summed E-state index contributed by atoms with van der Waals surface area (Å²) in [5.41, 5.74) is 2.54. The van der Waals surface area contributed by atoms with E-state index in [1.54, 1.807) is 23.5 Å². The number of hydrogen-bond acceptors (Lipinski definition) is 7. The molecule has 0 unspecified atom stereocenters. The molecule has 32 heavy (non-hydrogen) atoms. The highest BCUT2D eigenvalue weighted by Gasteiger charge is 2.20. The zero-order valence-electron chi connectivity index (χ0n) is 17.3. The van der Waals surface area contributed by atoms with Gasteiger partial charge in [0, 0.05) is 29.1 Å². The number of carbonyl (C=O) groups is 2. The van der Waals surface area contributed by atoms with Crippen LogP contribution in [0, 0.1) is 24.1 Å². The number of hydrogen-bond donors (Lipinski definition) is 0. The van der Waals surface area contributed by atoms with E-state index in [-0.39, 0.29) is 13.0 Å². The molecule has 0 N–H and O–H groups in total. The van der Waals surface area contributed by atoms with Gasteiger partial charge < -0.3 is 9.64 Å². The topological polar surface area (TPSA) is 83.3 Å². The highest BCUT2D eigenvalue weighted by Crippen LogP contribution is 2.27. The Kier molecular flexibility index (Phi) is 8.36. The number of thioether (sulfide) groups is 1. The third kappa shape index (κ3) is 6.39. The number of carbonyl (C=O) groups excluding carboxylic acids is 2. The van der Waals surface area contributed by atoms with E-state index in [2.05, 4.69) is 4.98 Å². The van der Waals surface area contributed by atoms with Gasteiger partial charge in [-0.05, 0) is 42.8 Å². The summed E-state index contributed by atoms with van der Waals surface area (Å²) < 4.78 is 19.4. The van der Waals surface area contributed by atoms with Gasteiger partial charge in [-0.3, -0.25) is 4.79 Å². The van der Waals surface area contributed by atoms with Crippen molar-refractivity contribution in [3.8, 4) is 6.07 Å². The monoisotopic (exact) mass is 469 g/mol. The second-order valence-corrected chi connectivity index (χ2v) is 8.79. The van der Waals surface area contributed by atoms with Crippen LogP contribution in [0.5, 0.6) is 0 Å². The molecule has 1 heterocycles. The van der Waals surface area contributed by atoms with E-state index in [1.165, 1.54) is 40.9 Å². The first-order valence-electron chi connectivity index (χ1n) is 9.70. The first-order chi connectivity index (χ1) is 15.5. The van der Waals surface area contributed by atoms with Crippen LogP contribution >= 0.6 is 23.1 Å². The number of aromatic nitrogens is 1. The molecule has 1 amide bonds. The maximum atomic E-state index is 13.2. The molecule has 0 aliphatic rings. The third-order valence-corrected chi connectivity index (χ3v) is 6.59. The van der Waals surface area contributed by atoms with Gasteiger partial charge in [0.1, 0.15) is 10.2 Å². The van der Waals surface area contributed by atoms with Gasteiger partial charge in [-0.2, -0.15) is 5.26 Å². The van der Waals surface area contributed by atoms with Crippen LogP contribution in [0.2, 0.25) is 0 Å². The van der Waals surface area contributed by atoms with Crippen LogP contribution in [-0.2, 0) is 15.3 Å². The molecule has 164 valence electrons. The quantitative estimate of drug-likeness (QED) is 0.324. The molecular formula is C23H20FN3O3S2. The second kappa shape index (κ2) is 11.4. The summed E-state index contributed by atoms with van der Waals surface area (Å²) in [7, 11) is 0. The molecule has 2 aromatic carbocycles. The summed E-state index contributed by atoms with van der Waals surface area (Å²) >= 11 is 3.07. The standard InChI is InChI=1S/C23H20FN3O3S2/c1-16-14-31-23(26-16)32-15-17-5-2-3-6-20(17)22(29)30-13-21(28)27(12-4-11-25)19-9-7-18(24)8-10-19/h2-3,5-10,14H,4,12-13,15H2,1H3. The highest BCUT2D eigenvalue weighted by atomic mass is 32.2. The first kappa shape index (κ1) is 23.4. The van der Waals surface area contributed by atoms with Gasteiger partial charge >= 0.3 is 5.97 Å². The number of ether oxygens (including phenoxy) is 1. The fourth-order valence-electron chi connectivity index (χ4n) is 2.85. The van der Waals surface area contributed by atoms with Gasteiger partial charge in [0.15, 0.2) is 6.61 Å². The number of halogens is 1. The van der Waals surface area contributed by atoms with E-state index >= 15 is 0 Å². The van der Waals surface area contributed by atoms with E-state index in [4.69, 9.17) is 10.00 Å². The molecule has 6 nitrogen and oxygen atoms in total. The molecule has 9 heteroatoms. The highest BCUT2D eigenvalue weighted by molar-refractivity contribution is 8.00. The fraction of sp³-hybridized carbons (Fsp3) is 0.217. The van der Waals surface area contributed by atoms with E-state index in [0.717, 1.165) is 15.6 Å². The SMILES string of the molecule is Cc1csc(SCc2ccccc2C(=O)OCC(=O)N(CCC#N)c2ccc(F)cc2)n1. The Labute approximate surface area is 193 Å². The Morgan fingerprint density at radius 3 is 2.66 bits per heavy atom. The number of nitriles is 1. The van der Waals surface area contributed by atoms with Crippen LogP contribution in [0.3, 0.4) is 0 Å². The van der Waals surface area contributed by atoms with Crippen molar-refractivity contribution in [2.24, 2.45) is 0 Å². The van der Waals surface area contributed by atoms with Crippen LogP contribution in [0.25, 0.3) is 0 Å². The lowest BCUT2D eigenvalue weighted by Crippen LogP contribution is -2.35. The van der Waals surface area contributed by atoms with E-state index < -0.39 is 24.3 Å². The van der Waals surface area contributed by atoms with Crippen LogP contribution in [0.1, 0.15) is 28.0 Å². The van der Waals surface area contributed by atoms with Gasteiger partial charge in [-0.25, -0.2) is 14.2 Å². The normalized spacial score (nSPS) is 10.4. The zero-order valence-corrected chi connectivity index (χ0v) is 18.9. The molecule has 0 spiro atoms. The average molecular weight is 470 g/mol. The van der Waals surface area contributed by atoms with Crippen LogP contribution in [0.15, 0.2) is 58.3 Å². The molecule has 3 rings (SSSR count). The molecule has 0 radical (unpaired) electrons. The molecule has 0 aliphatic heterocycles. The smallest absolute Gasteiger partial charge is 0.338 e. The first-order valence-corrected chi connectivity index (χ1v) is 11.6. The van der Waals surface area contributed by atoms with Gasteiger partial charge in [0.25, 0.3) is 5.91 Å². The van der Waals surface area contributed by atoms with Gasteiger partial charge in [-0.15, -0.1) is 11.3 Å². The predicted molar refractivity (Wildman–Crippen MR) is 122 cm³/mol. The molecule has 3 aromatic rings. The summed E-state index contributed by atoms with van der Waals surface area (Å²) in [6.07, 6.45) is 0.0906. The minimum atomic E-state index is -0.607. The van der Waals surface area contributed by atoms with Crippen molar-refractivity contribution in [3.05, 3.63) is 76.5 Å². The Morgan fingerprint density at radius 2 is 1.97 bits per heavy atom. The van der Waals surface area contributed by atoms with Crippen molar-refractivity contribution in [2.45, 2.75) is 23.4 Å². The summed E-state index contributed by atoms with van der Waals surface area (Å²) in [6.45, 7) is 1.54. The number of thiazole rings is 1. The predicted octanol–water partition coefficient (Wildman–Crippen LogP) is 4.99. The van der Waals surface area contributed by atoms with Crippen molar-refractivity contribution in [1.82, 2.24) is 4.98 Å². The fourth-order valence-corrected chi connectivity index (χ4v) is 4.70. The molecule has 0 saturated heterocycles. The summed E-state index contributed by atoms with van der Waals surface area (Å²) in [5.74, 6) is -0.999. The van der Waals surface area contributed by atoms with Crippen molar-refractivity contribution in [1.29, 1.82) is 5.26 Å². The largest absolute Gasteiger partial charge is 0.452 e. The Balaban J connectivity index is 1.65. The molecule has 0 atom stereocenters. The van der Waals surface area contributed by atoms with Crippen molar-refractivity contribution in [2.75, 3.05) is 18.1 Å². The Bertz CT molecular complexity index is 1130. The number of amides is 1. The van der Waals surface area contributed by atoms with Crippen LogP contribution in [-0.4, -0.2) is 30.0 Å². The Hall–Kier alpha value is -3.22. The number of nitrogens with zero attached hydrogens (tertiary/aromatic N) is 3. The molecule has 0 bridgehead atoms. The zero-order chi connectivity index (χ0) is 22.9. The number of anilines is 1. The maximum absolute atomic E-state index is 13.2. The number of aryl methyl sites for hydroxylation is 1. The number of rotatable bonds is 9. The summed E-state index contributed by atoms with van der Waals surface area (Å²) in [5, 5.41) is 10.8. The minimum absolute atomic E-state index is 0.0906. The van der Waals surface area contributed by atoms with Crippen molar-refractivity contribution >= 4 is 40.7 Å². The second-order valence-electron chi connectivity index (χ2n) is 6.71. The third-order valence-electron chi connectivity index (χ3n) is 4.40. The lowest BCUT2D eigenvalue weighted by atomic mass is 10.1. The number of benzene rings is 2. The molecule has 1 aromatic heterocycles. The van der Waals surface area contributed by atoms with Crippen LogP contribution < -0.4 is 4.90 Å². The molecular weight excluding hydrogens is 449 g/mol. The van der Waals surface area contributed by atoms with Crippen molar-refractivity contribution < 1.29 is 18.7 Å². The van der Waals surface area contributed by atoms with E-state index in [1.807, 2.05) is 30.5 Å². The summed E-state index contributed by atoms with van der Waals surface area (Å²) in [6, 6.07) is 14.4. The Morgan fingerprint density at radius 1 is 1.22 bits per heavy atom. The summed E-state index contributed by atoms with van der Waals surface area (Å²) in [4.78, 5) is 31.1. The van der Waals surface area contributed by atoms with Gasteiger partial charge in [0.05, 0.1) is 18.1 Å². The van der Waals surface area contributed by atoms with Gasteiger partial charge in [-0.1, -0.05) is 30.0 Å².